The molecule has 2 atom stereocenters. The largest absolute Gasteiger partial charge is 0.392 e. The number of amides is 1. The third-order valence-corrected chi connectivity index (χ3v) is 2.81. The Morgan fingerprint density at radius 3 is 2.80 bits per heavy atom. The molecule has 0 aromatic carbocycles. The van der Waals surface area contributed by atoms with Crippen molar-refractivity contribution in [3.63, 3.8) is 0 Å². The smallest absolute Gasteiger partial charge is 0.221 e. The van der Waals surface area contributed by atoms with Crippen LogP contribution in [0.25, 0.3) is 0 Å². The molecule has 15 heavy (non-hydrogen) atoms. The van der Waals surface area contributed by atoms with Crippen molar-refractivity contribution in [1.82, 2.24) is 10.6 Å². The fourth-order valence-electron chi connectivity index (χ4n) is 1.90. The quantitative estimate of drug-likeness (QED) is 0.600. The summed E-state index contributed by atoms with van der Waals surface area (Å²) in [7, 11) is 0. The van der Waals surface area contributed by atoms with E-state index in [1.807, 2.05) is 6.92 Å². The molecule has 0 heterocycles. The first-order valence-electron chi connectivity index (χ1n) is 5.92. The van der Waals surface area contributed by atoms with Crippen LogP contribution in [0.4, 0.5) is 0 Å². The maximum Gasteiger partial charge on any atom is 0.221 e. The van der Waals surface area contributed by atoms with Gasteiger partial charge in [0.2, 0.25) is 5.91 Å². The van der Waals surface area contributed by atoms with Gasteiger partial charge in [-0.05, 0) is 25.7 Å². The van der Waals surface area contributed by atoms with Crippen LogP contribution in [0.3, 0.4) is 0 Å². The van der Waals surface area contributed by atoms with Gasteiger partial charge in [0.25, 0.3) is 0 Å². The van der Waals surface area contributed by atoms with Crippen LogP contribution >= 0.6 is 0 Å². The summed E-state index contributed by atoms with van der Waals surface area (Å²) in [5, 5.41) is 15.6. The lowest BCUT2D eigenvalue weighted by atomic mass is 10.2. The summed E-state index contributed by atoms with van der Waals surface area (Å²) >= 11 is 0. The zero-order valence-corrected chi connectivity index (χ0v) is 9.46. The van der Waals surface area contributed by atoms with E-state index in [2.05, 4.69) is 10.6 Å². The van der Waals surface area contributed by atoms with Gasteiger partial charge in [0.05, 0.1) is 6.10 Å². The predicted octanol–water partition coefficient (Wildman–Crippen LogP) is 0.406. The molecule has 0 aromatic heterocycles. The Balaban J connectivity index is 2.02. The van der Waals surface area contributed by atoms with Crippen LogP contribution in [0.1, 0.15) is 39.0 Å². The monoisotopic (exact) mass is 214 g/mol. The molecule has 0 bridgehead atoms. The van der Waals surface area contributed by atoms with E-state index in [0.29, 0.717) is 13.0 Å². The van der Waals surface area contributed by atoms with Crippen LogP contribution < -0.4 is 10.6 Å². The topological polar surface area (TPSA) is 61.4 Å². The summed E-state index contributed by atoms with van der Waals surface area (Å²) in [6, 6.07) is 0.198. The maximum absolute atomic E-state index is 11.2. The first-order valence-corrected chi connectivity index (χ1v) is 5.92. The number of hydrogen-bond donors (Lipinski definition) is 3. The average molecular weight is 214 g/mol. The number of aliphatic hydroxyl groups excluding tert-OH is 1. The Morgan fingerprint density at radius 2 is 2.20 bits per heavy atom. The van der Waals surface area contributed by atoms with Crippen LogP contribution in [0.2, 0.25) is 0 Å². The van der Waals surface area contributed by atoms with Gasteiger partial charge < -0.3 is 15.7 Å². The van der Waals surface area contributed by atoms with Gasteiger partial charge in [-0.15, -0.1) is 0 Å². The lowest BCUT2D eigenvalue weighted by Crippen LogP contribution is -2.38. The zero-order valence-electron chi connectivity index (χ0n) is 9.46. The van der Waals surface area contributed by atoms with Crippen LogP contribution in [0.15, 0.2) is 0 Å². The molecule has 4 heteroatoms. The van der Waals surface area contributed by atoms with E-state index >= 15 is 0 Å². The Bertz CT molecular complexity index is 197. The molecule has 88 valence electrons. The Kier molecular flexibility index (Phi) is 5.65. The van der Waals surface area contributed by atoms with Crippen LogP contribution in [0, 0.1) is 0 Å². The highest BCUT2D eigenvalue weighted by atomic mass is 16.3. The molecule has 0 aromatic rings. The molecule has 1 rings (SSSR count). The summed E-state index contributed by atoms with van der Waals surface area (Å²) in [4.78, 5) is 11.2. The van der Waals surface area contributed by atoms with Gasteiger partial charge in [0.15, 0.2) is 0 Å². The molecular weight excluding hydrogens is 192 g/mol. The summed E-state index contributed by atoms with van der Waals surface area (Å²) in [5.41, 5.74) is 0. The fraction of sp³-hybridized carbons (Fsp3) is 0.909. The molecule has 0 unspecified atom stereocenters. The van der Waals surface area contributed by atoms with Crippen LogP contribution in [0.5, 0.6) is 0 Å². The lowest BCUT2D eigenvalue weighted by molar-refractivity contribution is -0.121. The number of aliphatic hydroxyl groups is 1. The normalized spacial score (nSPS) is 25.5. The average Bonchev–Trinajstić information content (AvgIpc) is 2.61. The van der Waals surface area contributed by atoms with Crippen molar-refractivity contribution in [3.8, 4) is 0 Å². The van der Waals surface area contributed by atoms with E-state index in [1.165, 1.54) is 0 Å². The molecule has 1 fully saturated rings. The second-order valence-corrected chi connectivity index (χ2v) is 4.16. The highest BCUT2D eigenvalue weighted by molar-refractivity contribution is 5.75. The van der Waals surface area contributed by atoms with E-state index in [4.69, 9.17) is 0 Å². The molecule has 3 N–H and O–H groups in total. The summed E-state index contributed by atoms with van der Waals surface area (Å²) in [5.74, 6) is 0.0943. The van der Waals surface area contributed by atoms with E-state index < -0.39 is 0 Å². The van der Waals surface area contributed by atoms with Crippen molar-refractivity contribution in [2.75, 3.05) is 13.1 Å². The fourth-order valence-corrected chi connectivity index (χ4v) is 1.90. The van der Waals surface area contributed by atoms with Crippen molar-refractivity contribution in [2.45, 2.75) is 51.2 Å². The number of nitrogens with one attached hydrogen (secondary N) is 2. The number of carbonyl (C=O) groups excluding carboxylic acids is 1. The highest BCUT2D eigenvalue weighted by Gasteiger charge is 2.24. The van der Waals surface area contributed by atoms with E-state index in [-0.39, 0.29) is 18.1 Å². The molecule has 0 saturated heterocycles. The minimum absolute atomic E-state index is 0.0943. The molecule has 0 radical (unpaired) electrons. The molecule has 1 amide bonds. The van der Waals surface area contributed by atoms with Crippen molar-refractivity contribution in [3.05, 3.63) is 0 Å². The summed E-state index contributed by atoms with van der Waals surface area (Å²) in [6.07, 6.45) is 4.26. The van der Waals surface area contributed by atoms with Gasteiger partial charge in [-0.2, -0.15) is 0 Å². The van der Waals surface area contributed by atoms with Gasteiger partial charge in [-0.3, -0.25) is 4.79 Å². The van der Waals surface area contributed by atoms with Gasteiger partial charge in [0.1, 0.15) is 0 Å². The minimum atomic E-state index is -0.219. The van der Waals surface area contributed by atoms with Crippen molar-refractivity contribution in [2.24, 2.45) is 0 Å². The van der Waals surface area contributed by atoms with Gasteiger partial charge in [0, 0.05) is 25.6 Å². The maximum atomic E-state index is 11.2. The number of hydrogen-bond acceptors (Lipinski definition) is 3. The molecule has 1 aliphatic carbocycles. The van der Waals surface area contributed by atoms with Crippen LogP contribution in [-0.4, -0.2) is 36.2 Å². The third-order valence-electron chi connectivity index (χ3n) is 2.81. The predicted molar refractivity (Wildman–Crippen MR) is 59.6 cm³/mol. The van der Waals surface area contributed by atoms with Crippen LogP contribution in [-0.2, 0) is 4.79 Å². The Labute approximate surface area is 91.4 Å². The van der Waals surface area contributed by atoms with E-state index in [9.17, 15) is 9.90 Å². The molecule has 1 aliphatic rings. The van der Waals surface area contributed by atoms with Gasteiger partial charge >= 0.3 is 0 Å². The highest BCUT2D eigenvalue weighted by Crippen LogP contribution is 2.18. The van der Waals surface area contributed by atoms with Gasteiger partial charge in [-0.1, -0.05) is 6.92 Å². The molecule has 0 aliphatic heterocycles. The third kappa shape index (κ3) is 4.62. The van der Waals surface area contributed by atoms with E-state index in [1.54, 1.807) is 0 Å². The molecule has 1 saturated carbocycles. The number of rotatable bonds is 6. The Morgan fingerprint density at radius 1 is 1.40 bits per heavy atom. The lowest BCUT2D eigenvalue weighted by Gasteiger charge is -2.15. The number of carbonyl (C=O) groups is 1. The van der Waals surface area contributed by atoms with Gasteiger partial charge in [-0.25, -0.2) is 0 Å². The Hall–Kier alpha value is -0.610. The van der Waals surface area contributed by atoms with Crippen molar-refractivity contribution >= 4 is 5.91 Å². The zero-order chi connectivity index (χ0) is 11.1. The second-order valence-electron chi connectivity index (χ2n) is 4.16. The summed E-state index contributed by atoms with van der Waals surface area (Å²) < 4.78 is 0. The first-order chi connectivity index (χ1) is 7.24. The van der Waals surface area contributed by atoms with Crippen molar-refractivity contribution < 1.29 is 9.90 Å². The minimum Gasteiger partial charge on any atom is -0.392 e. The molecule has 0 spiro atoms. The standard InChI is InChI=1S/C11H22N2O2/c1-2-7-13-11(15)6-8-12-9-4-3-5-10(9)14/h9-10,12,14H,2-8H2,1H3,(H,13,15)/t9-,10-/m0/s1. The first kappa shape index (κ1) is 12.5. The summed E-state index contributed by atoms with van der Waals surface area (Å²) in [6.45, 7) is 3.45. The van der Waals surface area contributed by atoms with Crippen molar-refractivity contribution in [1.29, 1.82) is 0 Å². The van der Waals surface area contributed by atoms with E-state index in [0.717, 1.165) is 32.2 Å². The molecular formula is C11H22N2O2. The second kappa shape index (κ2) is 6.80. The SMILES string of the molecule is CCCNC(=O)CCN[C@H]1CCC[C@@H]1O. The molecule has 4 nitrogen and oxygen atoms in total.